The Hall–Kier alpha value is -3.88. The molecule has 0 amide bonds. The fraction of sp³-hybridized carbons (Fsp3) is 0.423. The molecule has 4 N–H and O–H groups in total. The first-order valence-electron chi connectivity index (χ1n) is 12.1. The maximum Gasteiger partial charge on any atom is 0.302 e. The molecule has 2 aromatic heterocycles. The maximum atomic E-state index is 9.82. The summed E-state index contributed by atoms with van der Waals surface area (Å²) in [7, 11) is 0. The number of aromatic nitrogens is 4. The van der Waals surface area contributed by atoms with E-state index in [1.54, 1.807) is 6.92 Å². The molecule has 0 unspecified atom stereocenters. The molecule has 0 aliphatic carbocycles. The fourth-order valence-electron chi connectivity index (χ4n) is 3.59. The van der Waals surface area contributed by atoms with E-state index < -0.39 is 0 Å². The van der Waals surface area contributed by atoms with Gasteiger partial charge in [0.1, 0.15) is 0 Å². The number of ether oxygens (including phenoxy) is 1. The number of nitrogens with zero attached hydrogens (tertiary/aromatic N) is 5. The topological polar surface area (TPSA) is 158 Å². The SMILES string of the molecule is CCOC(C)=O.Cc1[nH]nc2ccc(CCCN)cc12.Cc1[nH]nc2ccc(CCCN=[N+]=[N-])cc12. The van der Waals surface area contributed by atoms with Gasteiger partial charge in [-0.1, -0.05) is 17.2 Å². The van der Waals surface area contributed by atoms with Crippen LogP contribution in [0.25, 0.3) is 32.2 Å². The number of hydrogen-bond donors (Lipinski definition) is 3. The second-order valence-electron chi connectivity index (χ2n) is 8.28. The third-order valence-corrected chi connectivity index (χ3v) is 5.42. The number of carbonyl (C=O) groups excluding carboxylic acids is 1. The monoisotopic (exact) mass is 492 g/mol. The van der Waals surface area contributed by atoms with E-state index in [0.717, 1.165) is 54.6 Å². The van der Waals surface area contributed by atoms with Gasteiger partial charge in [-0.15, -0.1) is 0 Å². The van der Waals surface area contributed by atoms with Gasteiger partial charge in [0.25, 0.3) is 0 Å². The van der Waals surface area contributed by atoms with Crippen LogP contribution in [-0.4, -0.2) is 46.1 Å². The Morgan fingerprint density at radius 1 is 1.00 bits per heavy atom. The number of benzene rings is 2. The van der Waals surface area contributed by atoms with Gasteiger partial charge in [0.2, 0.25) is 0 Å². The van der Waals surface area contributed by atoms with Gasteiger partial charge < -0.3 is 10.5 Å². The van der Waals surface area contributed by atoms with Crippen molar-refractivity contribution in [2.45, 2.75) is 53.4 Å². The number of aryl methyl sites for hydroxylation is 4. The van der Waals surface area contributed by atoms with Gasteiger partial charge in [0, 0.05) is 40.5 Å². The maximum absolute atomic E-state index is 9.82. The van der Waals surface area contributed by atoms with Crippen LogP contribution in [0.15, 0.2) is 41.5 Å². The summed E-state index contributed by atoms with van der Waals surface area (Å²) in [6, 6.07) is 12.6. The quantitative estimate of drug-likeness (QED) is 0.0979. The van der Waals surface area contributed by atoms with Crippen LogP contribution in [0.2, 0.25) is 0 Å². The van der Waals surface area contributed by atoms with Gasteiger partial charge in [0.05, 0.1) is 17.6 Å². The summed E-state index contributed by atoms with van der Waals surface area (Å²) >= 11 is 0. The number of azide groups is 1. The molecule has 2 aromatic carbocycles. The van der Waals surface area contributed by atoms with Gasteiger partial charge >= 0.3 is 5.97 Å². The molecule has 0 atom stereocenters. The number of aromatic amines is 2. The Kier molecular flexibility index (Phi) is 12.0. The number of fused-ring (bicyclic) bond motifs is 2. The Morgan fingerprint density at radius 3 is 1.94 bits per heavy atom. The van der Waals surface area contributed by atoms with E-state index in [1.807, 2.05) is 19.9 Å². The molecule has 0 saturated carbocycles. The molecule has 0 aliphatic heterocycles. The molecule has 192 valence electrons. The molecule has 10 heteroatoms. The van der Waals surface area contributed by atoms with Crippen LogP contribution in [0.1, 0.15) is 49.2 Å². The number of carbonyl (C=O) groups is 1. The summed E-state index contributed by atoms with van der Waals surface area (Å²) in [6.07, 6.45) is 3.91. The van der Waals surface area contributed by atoms with Crippen molar-refractivity contribution >= 4 is 27.8 Å². The molecule has 2 heterocycles. The van der Waals surface area contributed by atoms with E-state index in [2.05, 4.69) is 65.5 Å². The summed E-state index contributed by atoms with van der Waals surface area (Å²) < 4.78 is 4.40. The van der Waals surface area contributed by atoms with Crippen molar-refractivity contribution in [3.8, 4) is 0 Å². The lowest BCUT2D eigenvalue weighted by atomic mass is 10.1. The first kappa shape index (κ1) is 28.4. The predicted molar refractivity (Wildman–Crippen MR) is 144 cm³/mol. The van der Waals surface area contributed by atoms with Gasteiger partial charge in [-0.25, -0.2) is 0 Å². The lowest BCUT2D eigenvalue weighted by Gasteiger charge is -1.99. The van der Waals surface area contributed by atoms with Crippen LogP contribution in [0.4, 0.5) is 0 Å². The Bertz CT molecular complexity index is 1290. The summed E-state index contributed by atoms with van der Waals surface area (Å²) in [6.45, 7) is 9.02. The van der Waals surface area contributed by atoms with Crippen molar-refractivity contribution in [3.05, 3.63) is 69.4 Å². The van der Waals surface area contributed by atoms with Crippen molar-refractivity contribution in [1.29, 1.82) is 0 Å². The first-order valence-corrected chi connectivity index (χ1v) is 12.1. The molecular weight excluding hydrogens is 456 g/mol. The minimum Gasteiger partial charge on any atom is -0.466 e. The second kappa shape index (κ2) is 15.2. The van der Waals surface area contributed by atoms with Crippen molar-refractivity contribution in [2.24, 2.45) is 10.8 Å². The van der Waals surface area contributed by atoms with E-state index in [1.165, 1.54) is 28.8 Å². The molecule has 0 fully saturated rings. The first-order chi connectivity index (χ1) is 17.4. The number of esters is 1. The Balaban J connectivity index is 0.000000209. The highest BCUT2D eigenvalue weighted by molar-refractivity contribution is 5.82. The minimum absolute atomic E-state index is 0.211. The Labute approximate surface area is 211 Å². The lowest BCUT2D eigenvalue weighted by molar-refractivity contribution is -0.140. The Morgan fingerprint density at radius 2 is 1.53 bits per heavy atom. The molecular formula is C26H36N8O2. The highest BCUT2D eigenvalue weighted by Gasteiger charge is 2.03. The number of rotatable bonds is 8. The lowest BCUT2D eigenvalue weighted by Crippen LogP contribution is -2.00. The second-order valence-corrected chi connectivity index (χ2v) is 8.28. The number of H-pyrrole nitrogens is 2. The third-order valence-electron chi connectivity index (χ3n) is 5.42. The summed E-state index contributed by atoms with van der Waals surface area (Å²) in [5.41, 5.74) is 20.5. The molecule has 0 bridgehead atoms. The van der Waals surface area contributed by atoms with Crippen LogP contribution in [0.3, 0.4) is 0 Å². The fourth-order valence-corrected chi connectivity index (χ4v) is 3.59. The molecule has 10 nitrogen and oxygen atoms in total. The summed E-state index contributed by atoms with van der Waals surface area (Å²) in [4.78, 5) is 12.6. The summed E-state index contributed by atoms with van der Waals surface area (Å²) in [5, 5.41) is 20.2. The zero-order chi connectivity index (χ0) is 26.3. The average molecular weight is 493 g/mol. The standard InChI is InChI=1S/C11H13N5.C11H15N3.C4H8O2/c1-8-10-7-9(3-2-6-13-16-12)4-5-11(10)15-14-8;1-8-10-7-9(3-2-6-12)4-5-11(10)14-13-8;1-3-6-4(2)5/h4-5,7H,2-3,6H2,1H3,(H,14,15);4-5,7H,2-3,6,12H2,1H3,(H,13,14);3H2,1-2H3. The normalized spacial score (nSPS) is 10.1. The van der Waals surface area contributed by atoms with E-state index in [-0.39, 0.29) is 5.97 Å². The number of hydrogen-bond acceptors (Lipinski definition) is 6. The van der Waals surface area contributed by atoms with Gasteiger partial charge in [0.15, 0.2) is 0 Å². The predicted octanol–water partition coefficient (Wildman–Crippen LogP) is 5.45. The largest absolute Gasteiger partial charge is 0.466 e. The van der Waals surface area contributed by atoms with Gasteiger partial charge in [-0.2, -0.15) is 10.2 Å². The van der Waals surface area contributed by atoms with Crippen molar-refractivity contribution in [3.63, 3.8) is 0 Å². The van der Waals surface area contributed by atoms with Crippen LogP contribution in [-0.2, 0) is 22.4 Å². The molecule has 0 radical (unpaired) electrons. The highest BCUT2D eigenvalue weighted by atomic mass is 16.5. The van der Waals surface area contributed by atoms with Crippen molar-refractivity contribution in [1.82, 2.24) is 20.4 Å². The molecule has 4 rings (SSSR count). The van der Waals surface area contributed by atoms with Crippen LogP contribution in [0.5, 0.6) is 0 Å². The van der Waals surface area contributed by atoms with E-state index in [9.17, 15) is 4.79 Å². The molecule has 0 saturated heterocycles. The van der Waals surface area contributed by atoms with Gasteiger partial charge in [-0.3, -0.25) is 15.0 Å². The number of nitrogens with two attached hydrogens (primary N) is 1. The molecule has 0 spiro atoms. The molecule has 0 aliphatic rings. The van der Waals surface area contributed by atoms with E-state index in [4.69, 9.17) is 11.3 Å². The van der Waals surface area contributed by atoms with Crippen molar-refractivity contribution < 1.29 is 9.53 Å². The summed E-state index contributed by atoms with van der Waals surface area (Å²) in [5.74, 6) is -0.211. The van der Waals surface area contributed by atoms with E-state index in [0.29, 0.717) is 13.2 Å². The smallest absolute Gasteiger partial charge is 0.302 e. The van der Waals surface area contributed by atoms with Crippen LogP contribution >= 0.6 is 0 Å². The van der Waals surface area contributed by atoms with Crippen LogP contribution < -0.4 is 5.73 Å². The third kappa shape index (κ3) is 9.05. The zero-order valence-corrected chi connectivity index (χ0v) is 21.5. The minimum atomic E-state index is -0.211. The van der Waals surface area contributed by atoms with Crippen LogP contribution in [0, 0.1) is 13.8 Å². The highest BCUT2D eigenvalue weighted by Crippen LogP contribution is 2.18. The number of nitrogens with one attached hydrogen (secondary N) is 2. The molecule has 36 heavy (non-hydrogen) atoms. The van der Waals surface area contributed by atoms with Crippen molar-refractivity contribution in [2.75, 3.05) is 19.7 Å². The van der Waals surface area contributed by atoms with E-state index >= 15 is 0 Å². The van der Waals surface area contributed by atoms with Gasteiger partial charge in [-0.05, 0) is 93.9 Å². The average Bonchev–Trinajstić information content (AvgIpc) is 3.43. The zero-order valence-electron chi connectivity index (χ0n) is 21.5. The molecule has 4 aromatic rings.